The van der Waals surface area contributed by atoms with Crippen LogP contribution < -0.4 is 0 Å². The highest BCUT2D eigenvalue weighted by molar-refractivity contribution is 5.79. The van der Waals surface area contributed by atoms with Crippen molar-refractivity contribution in [2.45, 2.75) is 12.1 Å². The number of benzene rings is 1. The zero-order valence-electron chi connectivity index (χ0n) is 9.63. The maximum absolute atomic E-state index is 13.3. The maximum Gasteiger partial charge on any atom is 0.461 e. The molecule has 0 aliphatic carbocycles. The molecule has 0 N–H and O–H groups in total. The molecule has 0 unspecified atom stereocenters. The quantitative estimate of drug-likeness (QED) is 0.478. The van der Waals surface area contributed by atoms with Gasteiger partial charge < -0.3 is 4.74 Å². The summed E-state index contributed by atoms with van der Waals surface area (Å²) in [4.78, 5) is 0. The van der Waals surface area contributed by atoms with Crippen molar-refractivity contribution in [1.29, 1.82) is 5.26 Å². The van der Waals surface area contributed by atoms with Crippen LogP contribution in [-0.2, 0) is 4.74 Å². The Kier molecular flexibility index (Phi) is 4.14. The molecule has 0 saturated carbocycles. The summed E-state index contributed by atoms with van der Waals surface area (Å²) in [6.45, 7) is 0. The molecule has 0 aliphatic rings. The SMILES string of the molecule is COC(=C(C#N)c1ccccc1)C(F)(F)C(F)(F)F. The molecule has 2 nitrogen and oxygen atoms in total. The molecule has 19 heavy (non-hydrogen) atoms. The molecule has 0 spiro atoms. The summed E-state index contributed by atoms with van der Waals surface area (Å²) in [7, 11) is 0.662. The van der Waals surface area contributed by atoms with Gasteiger partial charge in [-0.25, -0.2) is 0 Å². The van der Waals surface area contributed by atoms with E-state index in [0.29, 0.717) is 7.11 Å². The summed E-state index contributed by atoms with van der Waals surface area (Å²) < 4.78 is 67.6. The molecule has 102 valence electrons. The third kappa shape index (κ3) is 2.84. The number of rotatable bonds is 3. The van der Waals surface area contributed by atoms with Crippen LogP contribution in [0.4, 0.5) is 22.0 Å². The molecule has 7 heteroatoms. The molecule has 1 rings (SSSR count). The van der Waals surface area contributed by atoms with Crippen LogP contribution >= 0.6 is 0 Å². The van der Waals surface area contributed by atoms with Crippen LogP contribution in [0.3, 0.4) is 0 Å². The Labute approximate surface area is 105 Å². The summed E-state index contributed by atoms with van der Waals surface area (Å²) in [6, 6.07) is 8.15. The predicted octanol–water partition coefficient (Wildman–Crippen LogP) is 3.77. The van der Waals surface area contributed by atoms with Gasteiger partial charge >= 0.3 is 12.1 Å². The van der Waals surface area contributed by atoms with Crippen molar-refractivity contribution in [2.75, 3.05) is 7.11 Å². The Hall–Kier alpha value is -2.10. The normalized spacial score (nSPS) is 13.5. The number of nitriles is 1. The Morgan fingerprint density at radius 3 is 2.00 bits per heavy atom. The van der Waals surface area contributed by atoms with E-state index < -0.39 is 23.4 Å². The summed E-state index contributed by atoms with van der Waals surface area (Å²) in [5.74, 6) is -6.95. The average Bonchev–Trinajstić information content (AvgIpc) is 2.35. The van der Waals surface area contributed by atoms with Gasteiger partial charge in [0.25, 0.3) is 0 Å². The van der Waals surface area contributed by atoms with Crippen LogP contribution in [0, 0.1) is 11.3 Å². The van der Waals surface area contributed by atoms with Crippen LogP contribution in [0.15, 0.2) is 36.1 Å². The van der Waals surface area contributed by atoms with E-state index in [2.05, 4.69) is 4.74 Å². The van der Waals surface area contributed by atoms with Gasteiger partial charge in [0.05, 0.1) is 7.11 Å². The Bertz CT molecular complexity index is 513. The van der Waals surface area contributed by atoms with E-state index in [9.17, 15) is 22.0 Å². The molecule has 1 aromatic rings. The topological polar surface area (TPSA) is 33.0 Å². The molecule has 0 aromatic heterocycles. The lowest BCUT2D eigenvalue weighted by Crippen LogP contribution is -2.39. The first kappa shape index (κ1) is 15.0. The minimum atomic E-state index is -5.84. The first-order valence-electron chi connectivity index (χ1n) is 4.94. The number of methoxy groups -OCH3 is 1. The third-order valence-electron chi connectivity index (χ3n) is 2.25. The van der Waals surface area contributed by atoms with E-state index in [4.69, 9.17) is 5.26 Å². The molecule has 0 aliphatic heterocycles. The Morgan fingerprint density at radius 1 is 1.11 bits per heavy atom. The zero-order valence-corrected chi connectivity index (χ0v) is 9.63. The standard InChI is InChI=1S/C12H8F5NO/c1-19-10(11(13,14)12(15,16)17)9(7-18)8-5-3-2-4-6-8/h2-6H,1H3. The van der Waals surface area contributed by atoms with E-state index in [1.165, 1.54) is 36.4 Å². The lowest BCUT2D eigenvalue weighted by molar-refractivity contribution is -0.275. The van der Waals surface area contributed by atoms with Gasteiger partial charge in [0.15, 0.2) is 5.76 Å². The van der Waals surface area contributed by atoms with Crippen molar-refractivity contribution in [3.8, 4) is 6.07 Å². The Balaban J connectivity index is 3.49. The van der Waals surface area contributed by atoms with Crippen LogP contribution in [0.25, 0.3) is 5.57 Å². The highest BCUT2D eigenvalue weighted by Crippen LogP contribution is 2.43. The smallest absolute Gasteiger partial charge is 0.461 e. The first-order valence-corrected chi connectivity index (χ1v) is 4.94. The summed E-state index contributed by atoms with van der Waals surface area (Å²) >= 11 is 0. The number of allylic oxidation sites excluding steroid dienone is 2. The second-order valence-electron chi connectivity index (χ2n) is 3.46. The van der Waals surface area contributed by atoms with Crippen molar-refractivity contribution in [3.63, 3.8) is 0 Å². The molecule has 0 saturated heterocycles. The minimum absolute atomic E-state index is 0.0780. The van der Waals surface area contributed by atoms with Gasteiger partial charge in [-0.2, -0.15) is 27.2 Å². The molecule has 0 heterocycles. The fourth-order valence-electron chi connectivity index (χ4n) is 1.37. The van der Waals surface area contributed by atoms with Crippen LogP contribution in [0.2, 0.25) is 0 Å². The van der Waals surface area contributed by atoms with E-state index in [0.717, 1.165) is 0 Å². The van der Waals surface area contributed by atoms with Gasteiger partial charge in [-0.1, -0.05) is 30.3 Å². The number of hydrogen-bond donors (Lipinski definition) is 0. The third-order valence-corrected chi connectivity index (χ3v) is 2.25. The highest BCUT2D eigenvalue weighted by atomic mass is 19.4. The molecule has 0 radical (unpaired) electrons. The molecule has 0 amide bonds. The molecule has 1 aromatic carbocycles. The van der Waals surface area contributed by atoms with Gasteiger partial charge in [0, 0.05) is 0 Å². The number of halogens is 5. The fourth-order valence-corrected chi connectivity index (χ4v) is 1.37. The molecular weight excluding hydrogens is 269 g/mol. The average molecular weight is 277 g/mol. The van der Waals surface area contributed by atoms with E-state index >= 15 is 0 Å². The van der Waals surface area contributed by atoms with Gasteiger partial charge in [-0.15, -0.1) is 0 Å². The zero-order chi connectivity index (χ0) is 14.7. The minimum Gasteiger partial charge on any atom is -0.493 e. The number of alkyl halides is 5. The number of hydrogen-bond acceptors (Lipinski definition) is 2. The van der Waals surface area contributed by atoms with Crippen LogP contribution in [0.5, 0.6) is 0 Å². The second-order valence-corrected chi connectivity index (χ2v) is 3.46. The predicted molar refractivity (Wildman–Crippen MR) is 57.0 cm³/mol. The first-order chi connectivity index (χ1) is 8.75. The summed E-state index contributed by atoms with van der Waals surface area (Å²) in [5, 5.41) is 8.82. The Morgan fingerprint density at radius 2 is 1.63 bits per heavy atom. The van der Waals surface area contributed by atoms with Crippen molar-refractivity contribution < 1.29 is 26.7 Å². The second kappa shape index (κ2) is 5.26. The lowest BCUT2D eigenvalue weighted by atomic mass is 10.0. The van der Waals surface area contributed by atoms with Gasteiger partial charge in [-0.05, 0) is 5.56 Å². The molecule has 0 bridgehead atoms. The molecular formula is C12H8F5NO. The number of nitrogens with zero attached hydrogens (tertiary/aromatic N) is 1. The van der Waals surface area contributed by atoms with E-state index in [1.807, 2.05) is 0 Å². The van der Waals surface area contributed by atoms with Crippen molar-refractivity contribution >= 4 is 5.57 Å². The highest BCUT2D eigenvalue weighted by Gasteiger charge is 2.62. The monoisotopic (exact) mass is 277 g/mol. The van der Waals surface area contributed by atoms with Gasteiger partial charge in [-0.3, -0.25) is 0 Å². The van der Waals surface area contributed by atoms with E-state index in [1.54, 1.807) is 0 Å². The fraction of sp³-hybridized carbons (Fsp3) is 0.250. The van der Waals surface area contributed by atoms with Gasteiger partial charge in [0.1, 0.15) is 11.6 Å². The van der Waals surface area contributed by atoms with Crippen molar-refractivity contribution in [2.24, 2.45) is 0 Å². The molecule has 0 atom stereocenters. The summed E-state index contributed by atoms with van der Waals surface area (Å²) in [5.41, 5.74) is -0.934. The maximum atomic E-state index is 13.3. The van der Waals surface area contributed by atoms with Crippen molar-refractivity contribution in [1.82, 2.24) is 0 Å². The summed E-state index contributed by atoms with van der Waals surface area (Å²) in [6.07, 6.45) is -5.84. The van der Waals surface area contributed by atoms with Crippen LogP contribution in [-0.4, -0.2) is 19.2 Å². The lowest BCUT2D eigenvalue weighted by Gasteiger charge is -2.22. The van der Waals surface area contributed by atoms with Crippen LogP contribution in [0.1, 0.15) is 5.56 Å². The number of ether oxygens (including phenoxy) is 1. The molecule has 0 fully saturated rings. The van der Waals surface area contributed by atoms with Crippen molar-refractivity contribution in [3.05, 3.63) is 41.7 Å². The van der Waals surface area contributed by atoms with Gasteiger partial charge in [0.2, 0.25) is 0 Å². The largest absolute Gasteiger partial charge is 0.493 e. The van der Waals surface area contributed by atoms with E-state index in [-0.39, 0.29) is 5.56 Å².